The summed E-state index contributed by atoms with van der Waals surface area (Å²) in [5.74, 6) is 0. The molecule has 1 aromatic carbocycles. The third kappa shape index (κ3) is 3.18. The lowest BCUT2D eigenvalue weighted by Crippen LogP contribution is -2.05. The van der Waals surface area contributed by atoms with Crippen LogP contribution in [0.5, 0.6) is 0 Å². The molecule has 108 valence electrons. The van der Waals surface area contributed by atoms with E-state index in [2.05, 4.69) is 24.2 Å². The SMILES string of the molecule is CCP(CC)c1cn(-c2ccc(C(F)(F)F)cc2)nn1. The summed E-state index contributed by atoms with van der Waals surface area (Å²) in [6, 6.07) is 4.92. The Bertz CT molecular complexity index is 559. The predicted octanol–water partition coefficient (Wildman–Crippen LogP) is 3.43. The van der Waals surface area contributed by atoms with Crippen molar-refractivity contribution in [1.29, 1.82) is 0 Å². The molecule has 0 fully saturated rings. The number of alkyl halides is 3. The Kier molecular flexibility index (Phi) is 4.43. The Labute approximate surface area is 116 Å². The molecule has 0 amide bonds. The topological polar surface area (TPSA) is 30.7 Å². The van der Waals surface area contributed by atoms with Crippen molar-refractivity contribution in [3.8, 4) is 5.69 Å². The largest absolute Gasteiger partial charge is 0.416 e. The molecule has 0 radical (unpaired) electrons. The maximum Gasteiger partial charge on any atom is 0.416 e. The molecular formula is C13H15F3N3P. The summed E-state index contributed by atoms with van der Waals surface area (Å²) >= 11 is 0. The second-order valence-electron chi connectivity index (χ2n) is 4.24. The Morgan fingerprint density at radius 3 is 2.20 bits per heavy atom. The summed E-state index contributed by atoms with van der Waals surface area (Å²) in [4.78, 5) is 0. The van der Waals surface area contributed by atoms with Crippen LogP contribution in [-0.2, 0) is 6.18 Å². The van der Waals surface area contributed by atoms with E-state index in [0.717, 1.165) is 29.9 Å². The smallest absolute Gasteiger partial charge is 0.220 e. The van der Waals surface area contributed by atoms with Gasteiger partial charge in [-0.05, 0) is 36.6 Å². The molecule has 1 heterocycles. The van der Waals surface area contributed by atoms with E-state index in [1.165, 1.54) is 16.8 Å². The summed E-state index contributed by atoms with van der Waals surface area (Å²) in [5.41, 5.74) is 0.856. The maximum atomic E-state index is 12.5. The number of hydrogen-bond donors (Lipinski definition) is 0. The molecule has 0 spiro atoms. The minimum atomic E-state index is -4.31. The highest BCUT2D eigenvalue weighted by molar-refractivity contribution is 7.65. The van der Waals surface area contributed by atoms with E-state index in [1.807, 2.05) is 0 Å². The van der Waals surface area contributed by atoms with Gasteiger partial charge >= 0.3 is 6.18 Å². The second kappa shape index (κ2) is 5.92. The fourth-order valence-electron chi connectivity index (χ4n) is 1.88. The highest BCUT2D eigenvalue weighted by Gasteiger charge is 2.30. The Morgan fingerprint density at radius 2 is 1.70 bits per heavy atom. The van der Waals surface area contributed by atoms with Crippen molar-refractivity contribution >= 4 is 13.4 Å². The highest BCUT2D eigenvalue weighted by Crippen LogP contribution is 2.32. The molecule has 0 bridgehead atoms. The molecule has 2 rings (SSSR count). The van der Waals surface area contributed by atoms with Gasteiger partial charge in [-0.1, -0.05) is 27.0 Å². The lowest BCUT2D eigenvalue weighted by atomic mass is 10.2. The summed E-state index contributed by atoms with van der Waals surface area (Å²) in [6.07, 6.45) is -0.457. The zero-order valence-electron chi connectivity index (χ0n) is 11.2. The number of halogens is 3. The number of nitrogens with zero attached hydrogens (tertiary/aromatic N) is 3. The first kappa shape index (κ1) is 15.0. The van der Waals surface area contributed by atoms with Gasteiger partial charge in [-0.3, -0.25) is 0 Å². The molecule has 7 heteroatoms. The van der Waals surface area contributed by atoms with Gasteiger partial charge in [0.15, 0.2) is 0 Å². The molecule has 1 aromatic heterocycles. The zero-order chi connectivity index (χ0) is 14.8. The highest BCUT2D eigenvalue weighted by atomic mass is 31.1. The van der Waals surface area contributed by atoms with Gasteiger partial charge in [-0.15, -0.1) is 5.10 Å². The van der Waals surface area contributed by atoms with Gasteiger partial charge in [0.05, 0.1) is 17.4 Å². The van der Waals surface area contributed by atoms with E-state index < -0.39 is 11.7 Å². The van der Waals surface area contributed by atoms with Crippen molar-refractivity contribution in [2.75, 3.05) is 12.3 Å². The van der Waals surface area contributed by atoms with Crippen molar-refractivity contribution in [3.05, 3.63) is 36.0 Å². The summed E-state index contributed by atoms with van der Waals surface area (Å²) < 4.78 is 39.0. The first-order valence-corrected chi connectivity index (χ1v) is 8.01. The summed E-state index contributed by atoms with van der Waals surface area (Å²) in [7, 11) is -0.320. The molecule has 2 aromatic rings. The minimum Gasteiger partial charge on any atom is -0.220 e. The minimum absolute atomic E-state index is 0.320. The molecule has 0 unspecified atom stereocenters. The summed E-state index contributed by atoms with van der Waals surface area (Å²) in [6.45, 7) is 4.21. The average Bonchev–Trinajstić information content (AvgIpc) is 2.89. The Morgan fingerprint density at radius 1 is 1.10 bits per heavy atom. The van der Waals surface area contributed by atoms with Gasteiger partial charge in [0.2, 0.25) is 0 Å². The molecule has 0 saturated carbocycles. The number of benzene rings is 1. The molecule has 20 heavy (non-hydrogen) atoms. The van der Waals surface area contributed by atoms with E-state index in [-0.39, 0.29) is 7.92 Å². The van der Waals surface area contributed by atoms with Crippen LogP contribution in [0, 0.1) is 0 Å². The molecule has 0 aliphatic rings. The Hall–Kier alpha value is -1.42. The molecule has 3 nitrogen and oxygen atoms in total. The normalized spacial score (nSPS) is 12.1. The third-order valence-electron chi connectivity index (χ3n) is 3.03. The molecule has 0 N–H and O–H groups in total. The van der Waals surface area contributed by atoms with Crippen LogP contribution in [0.15, 0.2) is 30.5 Å². The standard InChI is InChI=1S/C13H15F3N3P/c1-3-20(4-2)12-9-19(18-17-12)11-7-5-10(6-8-11)13(14,15)16/h5-9H,3-4H2,1-2H3. The number of rotatable bonds is 4. The van der Waals surface area contributed by atoms with Crippen molar-refractivity contribution < 1.29 is 13.2 Å². The lowest BCUT2D eigenvalue weighted by molar-refractivity contribution is -0.137. The third-order valence-corrected chi connectivity index (χ3v) is 5.41. The molecule has 0 aliphatic heterocycles. The fourth-order valence-corrected chi connectivity index (χ4v) is 3.41. The van der Waals surface area contributed by atoms with Crippen LogP contribution >= 0.6 is 7.92 Å². The van der Waals surface area contributed by atoms with Gasteiger partial charge in [-0.2, -0.15) is 13.2 Å². The van der Waals surface area contributed by atoms with Crippen LogP contribution in [0.25, 0.3) is 5.69 Å². The first-order chi connectivity index (χ1) is 9.45. The Balaban J connectivity index is 2.24. The number of hydrogen-bond acceptors (Lipinski definition) is 2. The van der Waals surface area contributed by atoms with Crippen LogP contribution in [0.2, 0.25) is 0 Å². The molecule has 0 atom stereocenters. The zero-order valence-corrected chi connectivity index (χ0v) is 12.1. The van der Waals surface area contributed by atoms with E-state index in [0.29, 0.717) is 5.69 Å². The molecule has 0 aliphatic carbocycles. The van der Waals surface area contributed by atoms with Crippen LogP contribution < -0.4 is 5.44 Å². The summed E-state index contributed by atoms with van der Waals surface area (Å²) in [5, 5.41) is 8.12. The van der Waals surface area contributed by atoms with Gasteiger partial charge in [0.25, 0.3) is 0 Å². The van der Waals surface area contributed by atoms with E-state index >= 15 is 0 Å². The van der Waals surface area contributed by atoms with Gasteiger partial charge in [-0.25, -0.2) is 4.68 Å². The quantitative estimate of drug-likeness (QED) is 0.810. The van der Waals surface area contributed by atoms with E-state index in [9.17, 15) is 13.2 Å². The van der Waals surface area contributed by atoms with Crippen LogP contribution in [0.1, 0.15) is 19.4 Å². The van der Waals surface area contributed by atoms with Crippen LogP contribution in [0.3, 0.4) is 0 Å². The first-order valence-electron chi connectivity index (χ1n) is 6.30. The van der Waals surface area contributed by atoms with Crippen LogP contribution in [-0.4, -0.2) is 27.3 Å². The maximum absolute atomic E-state index is 12.5. The predicted molar refractivity (Wildman–Crippen MR) is 74.0 cm³/mol. The fraction of sp³-hybridized carbons (Fsp3) is 0.385. The van der Waals surface area contributed by atoms with Gasteiger partial charge in [0, 0.05) is 0 Å². The average molecular weight is 301 g/mol. The molecule has 0 saturated heterocycles. The second-order valence-corrected chi connectivity index (χ2v) is 7.04. The van der Waals surface area contributed by atoms with Crippen LogP contribution in [0.4, 0.5) is 13.2 Å². The van der Waals surface area contributed by atoms with E-state index in [4.69, 9.17) is 0 Å². The van der Waals surface area contributed by atoms with Crippen molar-refractivity contribution in [2.24, 2.45) is 0 Å². The number of aromatic nitrogens is 3. The molecular weight excluding hydrogens is 286 g/mol. The van der Waals surface area contributed by atoms with Crippen molar-refractivity contribution in [2.45, 2.75) is 20.0 Å². The van der Waals surface area contributed by atoms with E-state index in [1.54, 1.807) is 6.20 Å². The van der Waals surface area contributed by atoms with Gasteiger partial charge in [0.1, 0.15) is 5.44 Å². The van der Waals surface area contributed by atoms with Crippen molar-refractivity contribution in [3.63, 3.8) is 0 Å². The lowest BCUT2D eigenvalue weighted by Gasteiger charge is -2.08. The van der Waals surface area contributed by atoms with Gasteiger partial charge < -0.3 is 0 Å². The monoisotopic (exact) mass is 301 g/mol. The van der Waals surface area contributed by atoms with Crippen molar-refractivity contribution in [1.82, 2.24) is 15.0 Å².